The maximum atomic E-state index is 5.35. The van der Waals surface area contributed by atoms with Crippen LogP contribution in [0.4, 0.5) is 0 Å². The highest BCUT2D eigenvalue weighted by molar-refractivity contribution is 6.23. The number of rotatable bonds is 6. The molecule has 0 saturated heterocycles. The highest BCUT2D eigenvalue weighted by atomic mass is 16.6. The summed E-state index contributed by atoms with van der Waals surface area (Å²) in [7, 11) is 0. The van der Waals surface area contributed by atoms with Crippen molar-refractivity contribution in [2.75, 3.05) is 0 Å². The van der Waals surface area contributed by atoms with Crippen LogP contribution in [0.15, 0.2) is 174 Å². The summed E-state index contributed by atoms with van der Waals surface area (Å²) < 4.78 is 5.35. The number of nitrogens with zero attached hydrogens (tertiary/aromatic N) is 6. The van der Waals surface area contributed by atoms with Crippen molar-refractivity contribution in [3.63, 3.8) is 0 Å². The van der Waals surface area contributed by atoms with Gasteiger partial charge in [0.2, 0.25) is 0 Å². The zero-order chi connectivity index (χ0) is 35.1. The number of para-hydroxylation sites is 1. The lowest BCUT2D eigenvalue weighted by Crippen LogP contribution is -2.00. The Kier molecular flexibility index (Phi) is 7.32. The number of aromatic nitrogens is 6. The Morgan fingerprint density at radius 3 is 1.38 bits per heavy atom. The molecule has 0 unspecified atom stereocenters. The fourth-order valence-electron chi connectivity index (χ4n) is 6.99. The van der Waals surface area contributed by atoms with E-state index in [1.165, 1.54) is 0 Å². The average Bonchev–Trinajstić information content (AvgIpc) is 3.74. The molecule has 0 aliphatic carbocycles. The number of hydrogen-bond donors (Lipinski definition) is 0. The SMILES string of the molecule is c1ccc(-c2nc(-c3ccccc3)nc(-c3ccc(-c4ccc(-c5nc6ccccc6c6c5cc(-c5ccccc5)c5nonc56)cc4)cc3)n2)cc1. The molecule has 0 aliphatic heterocycles. The molecular weight excluding hydrogens is 653 g/mol. The Labute approximate surface area is 304 Å². The molecule has 10 aromatic rings. The van der Waals surface area contributed by atoms with Crippen molar-refractivity contribution >= 4 is 32.7 Å². The third-order valence-corrected chi connectivity index (χ3v) is 9.62. The smallest absolute Gasteiger partial charge is 0.164 e. The van der Waals surface area contributed by atoms with Crippen LogP contribution < -0.4 is 0 Å². The van der Waals surface area contributed by atoms with Crippen molar-refractivity contribution < 1.29 is 4.63 Å². The van der Waals surface area contributed by atoms with E-state index in [1.807, 2.05) is 97.1 Å². The Balaban J connectivity index is 1.04. The normalized spacial score (nSPS) is 11.4. The molecular formula is C46H28N6O. The third kappa shape index (κ3) is 5.48. The lowest BCUT2D eigenvalue weighted by Gasteiger charge is -2.13. The van der Waals surface area contributed by atoms with Gasteiger partial charge in [-0.2, -0.15) is 0 Å². The third-order valence-electron chi connectivity index (χ3n) is 9.62. The second-order valence-electron chi connectivity index (χ2n) is 12.8. The predicted octanol–water partition coefficient (Wildman–Crippen LogP) is 11.1. The van der Waals surface area contributed by atoms with Gasteiger partial charge in [0.25, 0.3) is 0 Å². The van der Waals surface area contributed by atoms with Crippen LogP contribution in [0, 0.1) is 0 Å². The van der Waals surface area contributed by atoms with Gasteiger partial charge in [-0.15, -0.1) is 0 Å². The summed E-state index contributed by atoms with van der Waals surface area (Å²) in [5.41, 5.74) is 11.2. The number of hydrogen-bond acceptors (Lipinski definition) is 7. The van der Waals surface area contributed by atoms with Gasteiger partial charge in [-0.3, -0.25) is 0 Å². The van der Waals surface area contributed by atoms with E-state index in [0.29, 0.717) is 17.5 Å². The van der Waals surface area contributed by atoms with Crippen LogP contribution >= 0.6 is 0 Å². The molecule has 7 aromatic carbocycles. The summed E-state index contributed by atoms with van der Waals surface area (Å²) in [6.45, 7) is 0. The van der Waals surface area contributed by atoms with E-state index in [1.54, 1.807) is 0 Å². The molecule has 0 radical (unpaired) electrons. The van der Waals surface area contributed by atoms with E-state index < -0.39 is 0 Å². The van der Waals surface area contributed by atoms with E-state index >= 15 is 0 Å². The standard InChI is InChI=1S/C46H28N6O/c1-4-12-31(13-5-1)37-28-38-40(43-42(37)51-53-52-43)36-18-10-11-19-39(36)47-41(38)32-24-20-29(21-25-32)30-22-26-35(27-23-30)46-49-44(33-14-6-2-7-15-33)48-45(50-46)34-16-8-3-9-17-34/h1-28H. The minimum atomic E-state index is 0.625. The van der Waals surface area contributed by atoms with Crippen LogP contribution in [0.2, 0.25) is 0 Å². The van der Waals surface area contributed by atoms with Gasteiger partial charge >= 0.3 is 0 Å². The van der Waals surface area contributed by atoms with Crippen molar-refractivity contribution in [2.45, 2.75) is 0 Å². The Bertz CT molecular complexity index is 2850. The van der Waals surface area contributed by atoms with Crippen LogP contribution in [0.3, 0.4) is 0 Å². The molecule has 7 nitrogen and oxygen atoms in total. The minimum absolute atomic E-state index is 0.625. The maximum Gasteiger partial charge on any atom is 0.164 e. The first-order chi connectivity index (χ1) is 26.3. The molecule has 0 aliphatic rings. The molecule has 0 amide bonds. The summed E-state index contributed by atoms with van der Waals surface area (Å²) in [4.78, 5) is 19.8. The van der Waals surface area contributed by atoms with Gasteiger partial charge in [0.15, 0.2) is 17.5 Å². The number of benzene rings is 7. The van der Waals surface area contributed by atoms with E-state index in [4.69, 9.17) is 24.6 Å². The lowest BCUT2D eigenvalue weighted by atomic mass is 9.93. The predicted molar refractivity (Wildman–Crippen MR) is 211 cm³/mol. The van der Waals surface area contributed by atoms with Crippen LogP contribution in [0.1, 0.15) is 0 Å². The maximum absolute atomic E-state index is 5.35. The largest absolute Gasteiger partial charge is 0.247 e. The molecule has 3 aromatic heterocycles. The van der Waals surface area contributed by atoms with Crippen molar-refractivity contribution in [3.8, 4) is 67.7 Å². The Morgan fingerprint density at radius 1 is 0.340 bits per heavy atom. The van der Waals surface area contributed by atoms with Crippen molar-refractivity contribution in [2.24, 2.45) is 0 Å². The van der Waals surface area contributed by atoms with Gasteiger partial charge in [-0.25, -0.2) is 24.6 Å². The monoisotopic (exact) mass is 680 g/mol. The van der Waals surface area contributed by atoms with Crippen LogP contribution in [0.5, 0.6) is 0 Å². The highest BCUT2D eigenvalue weighted by Crippen LogP contribution is 2.41. The zero-order valence-corrected chi connectivity index (χ0v) is 28.3. The van der Waals surface area contributed by atoms with Gasteiger partial charge in [0, 0.05) is 44.0 Å². The van der Waals surface area contributed by atoms with E-state index in [9.17, 15) is 0 Å². The van der Waals surface area contributed by atoms with Crippen molar-refractivity contribution in [1.82, 2.24) is 30.2 Å². The first kappa shape index (κ1) is 30.4. The summed E-state index contributed by atoms with van der Waals surface area (Å²) in [6.07, 6.45) is 0. The fourth-order valence-corrected chi connectivity index (χ4v) is 6.99. The quantitative estimate of drug-likeness (QED) is 0.161. The Hall–Kier alpha value is -7.38. The summed E-state index contributed by atoms with van der Waals surface area (Å²) >= 11 is 0. The van der Waals surface area contributed by atoms with Crippen molar-refractivity contribution in [1.29, 1.82) is 0 Å². The molecule has 7 heteroatoms. The van der Waals surface area contributed by atoms with E-state index in [-0.39, 0.29) is 0 Å². The molecule has 3 heterocycles. The van der Waals surface area contributed by atoms with Gasteiger partial charge < -0.3 is 0 Å². The number of pyridine rings is 1. The molecule has 0 fully saturated rings. The summed E-state index contributed by atoms with van der Waals surface area (Å²) in [5, 5.41) is 11.7. The molecule has 0 bridgehead atoms. The fraction of sp³-hybridized carbons (Fsp3) is 0. The van der Waals surface area contributed by atoms with E-state index in [2.05, 4.69) is 83.1 Å². The van der Waals surface area contributed by atoms with Gasteiger partial charge in [-0.1, -0.05) is 158 Å². The first-order valence-corrected chi connectivity index (χ1v) is 17.4. The topological polar surface area (TPSA) is 90.5 Å². The highest BCUT2D eigenvalue weighted by Gasteiger charge is 2.20. The van der Waals surface area contributed by atoms with Crippen LogP contribution in [-0.4, -0.2) is 30.2 Å². The van der Waals surface area contributed by atoms with Gasteiger partial charge in [0.1, 0.15) is 11.0 Å². The van der Waals surface area contributed by atoms with Gasteiger partial charge in [0.05, 0.1) is 11.2 Å². The molecule has 248 valence electrons. The second kappa shape index (κ2) is 12.7. The molecule has 0 saturated carbocycles. The number of fused-ring (bicyclic) bond motifs is 5. The molecule has 53 heavy (non-hydrogen) atoms. The molecule has 0 spiro atoms. The summed E-state index contributed by atoms with van der Waals surface area (Å²) in [5.74, 6) is 1.90. The molecule has 0 N–H and O–H groups in total. The summed E-state index contributed by atoms with van der Waals surface area (Å²) in [6, 6.07) is 57.5. The van der Waals surface area contributed by atoms with Crippen LogP contribution in [0.25, 0.3) is 100 Å². The first-order valence-electron chi connectivity index (χ1n) is 17.4. The Morgan fingerprint density at radius 2 is 0.792 bits per heavy atom. The van der Waals surface area contributed by atoms with Crippen molar-refractivity contribution in [3.05, 3.63) is 170 Å². The molecule has 0 atom stereocenters. The average molecular weight is 681 g/mol. The lowest BCUT2D eigenvalue weighted by molar-refractivity contribution is 0.316. The van der Waals surface area contributed by atoms with Gasteiger partial charge in [-0.05, 0) is 39.1 Å². The van der Waals surface area contributed by atoms with Crippen LogP contribution in [-0.2, 0) is 0 Å². The minimum Gasteiger partial charge on any atom is -0.247 e. The second-order valence-corrected chi connectivity index (χ2v) is 12.8. The van der Waals surface area contributed by atoms with E-state index in [0.717, 1.165) is 82.9 Å². The molecule has 10 rings (SSSR count). The zero-order valence-electron chi connectivity index (χ0n) is 28.3.